The van der Waals surface area contributed by atoms with E-state index in [0.717, 1.165) is 23.0 Å². The maximum Gasteiger partial charge on any atom is 0.223 e. The molecule has 1 fully saturated rings. The van der Waals surface area contributed by atoms with Gasteiger partial charge in [0, 0.05) is 37.0 Å². The van der Waals surface area contributed by atoms with Gasteiger partial charge >= 0.3 is 0 Å². The van der Waals surface area contributed by atoms with E-state index in [2.05, 4.69) is 29.8 Å². The van der Waals surface area contributed by atoms with E-state index in [4.69, 9.17) is 0 Å². The number of carbonyl (C=O) groups excluding carboxylic acids is 1. The van der Waals surface area contributed by atoms with Gasteiger partial charge in [0.05, 0.1) is 5.52 Å². The number of aromatic nitrogens is 1. The van der Waals surface area contributed by atoms with Crippen molar-refractivity contribution in [2.75, 3.05) is 6.54 Å². The SMILES string of the molecule is C=CC1CC(=O)N(Cc2ccc3cccnc3c2)C1. The summed E-state index contributed by atoms with van der Waals surface area (Å²) in [5.74, 6) is 0.511. The smallest absolute Gasteiger partial charge is 0.223 e. The number of hydrogen-bond donors (Lipinski definition) is 0. The highest BCUT2D eigenvalue weighted by molar-refractivity contribution is 5.80. The zero-order valence-electron chi connectivity index (χ0n) is 10.7. The van der Waals surface area contributed by atoms with Crippen molar-refractivity contribution in [3.05, 3.63) is 54.7 Å². The van der Waals surface area contributed by atoms with Crippen LogP contribution < -0.4 is 0 Å². The molecule has 1 aromatic heterocycles. The first-order valence-electron chi connectivity index (χ1n) is 6.50. The van der Waals surface area contributed by atoms with E-state index >= 15 is 0 Å². The molecule has 0 N–H and O–H groups in total. The molecular weight excluding hydrogens is 236 g/mol. The van der Waals surface area contributed by atoms with Gasteiger partial charge in [-0.2, -0.15) is 0 Å². The lowest BCUT2D eigenvalue weighted by atomic mass is 10.1. The molecule has 1 aliphatic heterocycles. The number of benzene rings is 1. The Kier molecular flexibility index (Phi) is 3.03. The zero-order chi connectivity index (χ0) is 13.2. The van der Waals surface area contributed by atoms with Crippen LogP contribution in [-0.4, -0.2) is 22.3 Å². The van der Waals surface area contributed by atoms with E-state index in [1.54, 1.807) is 6.20 Å². The topological polar surface area (TPSA) is 33.2 Å². The largest absolute Gasteiger partial charge is 0.338 e. The molecule has 0 spiro atoms. The quantitative estimate of drug-likeness (QED) is 0.787. The Bertz CT molecular complexity index is 635. The lowest BCUT2D eigenvalue weighted by Gasteiger charge is -2.16. The fourth-order valence-electron chi connectivity index (χ4n) is 2.54. The van der Waals surface area contributed by atoms with Crippen LogP contribution in [0.2, 0.25) is 0 Å². The summed E-state index contributed by atoms with van der Waals surface area (Å²) in [4.78, 5) is 18.1. The summed E-state index contributed by atoms with van der Waals surface area (Å²) in [5.41, 5.74) is 2.11. The minimum Gasteiger partial charge on any atom is -0.338 e. The molecule has 1 atom stereocenters. The summed E-state index contributed by atoms with van der Waals surface area (Å²) in [6.07, 6.45) is 4.26. The number of likely N-dealkylation sites (tertiary alicyclic amines) is 1. The normalized spacial score (nSPS) is 19.1. The third-order valence-electron chi connectivity index (χ3n) is 3.62. The predicted molar refractivity (Wildman–Crippen MR) is 75.5 cm³/mol. The zero-order valence-corrected chi connectivity index (χ0v) is 10.7. The van der Waals surface area contributed by atoms with Crippen molar-refractivity contribution in [3.63, 3.8) is 0 Å². The van der Waals surface area contributed by atoms with E-state index in [1.807, 2.05) is 23.1 Å². The number of hydrogen-bond acceptors (Lipinski definition) is 2. The van der Waals surface area contributed by atoms with Gasteiger partial charge in [-0.05, 0) is 17.7 Å². The summed E-state index contributed by atoms with van der Waals surface area (Å²) >= 11 is 0. The van der Waals surface area contributed by atoms with Crippen LogP contribution in [0.5, 0.6) is 0 Å². The van der Waals surface area contributed by atoms with Crippen LogP contribution in [0.4, 0.5) is 0 Å². The third kappa shape index (κ3) is 2.36. The number of nitrogens with zero attached hydrogens (tertiary/aromatic N) is 2. The molecular formula is C16H16N2O. The number of rotatable bonds is 3. The summed E-state index contributed by atoms with van der Waals surface area (Å²) in [6.45, 7) is 5.21. The summed E-state index contributed by atoms with van der Waals surface area (Å²) in [7, 11) is 0. The van der Waals surface area contributed by atoms with Crippen molar-refractivity contribution >= 4 is 16.8 Å². The third-order valence-corrected chi connectivity index (χ3v) is 3.62. The highest BCUT2D eigenvalue weighted by atomic mass is 16.2. The molecule has 3 rings (SSSR count). The Morgan fingerprint density at radius 2 is 2.32 bits per heavy atom. The minimum atomic E-state index is 0.214. The molecule has 0 bridgehead atoms. The van der Waals surface area contributed by atoms with Crippen LogP contribution in [0, 0.1) is 5.92 Å². The molecule has 3 nitrogen and oxygen atoms in total. The second-order valence-corrected chi connectivity index (χ2v) is 5.00. The van der Waals surface area contributed by atoms with Crippen molar-refractivity contribution in [3.8, 4) is 0 Å². The van der Waals surface area contributed by atoms with Crippen molar-refractivity contribution in [2.24, 2.45) is 5.92 Å². The Balaban J connectivity index is 1.82. The maximum absolute atomic E-state index is 11.9. The Morgan fingerprint density at radius 1 is 1.42 bits per heavy atom. The van der Waals surface area contributed by atoms with Gasteiger partial charge in [0.2, 0.25) is 5.91 Å². The fraction of sp³-hybridized carbons (Fsp3) is 0.250. The number of fused-ring (bicyclic) bond motifs is 1. The van der Waals surface area contributed by atoms with Crippen LogP contribution in [-0.2, 0) is 11.3 Å². The average Bonchev–Trinajstić information content (AvgIpc) is 2.79. The molecule has 0 saturated carbocycles. The van der Waals surface area contributed by atoms with Gasteiger partial charge in [0.25, 0.3) is 0 Å². The number of amides is 1. The Morgan fingerprint density at radius 3 is 3.11 bits per heavy atom. The van der Waals surface area contributed by atoms with E-state index < -0.39 is 0 Å². The first-order chi connectivity index (χ1) is 9.26. The van der Waals surface area contributed by atoms with Gasteiger partial charge < -0.3 is 4.90 Å². The number of pyridine rings is 1. The van der Waals surface area contributed by atoms with Gasteiger partial charge in [-0.3, -0.25) is 9.78 Å². The molecule has 0 radical (unpaired) electrons. The molecule has 0 aliphatic carbocycles. The highest BCUT2D eigenvalue weighted by Crippen LogP contribution is 2.22. The van der Waals surface area contributed by atoms with Crippen molar-refractivity contribution in [1.82, 2.24) is 9.88 Å². The Hall–Kier alpha value is -2.16. The molecule has 3 heteroatoms. The van der Waals surface area contributed by atoms with Crippen molar-refractivity contribution < 1.29 is 4.79 Å². The lowest BCUT2D eigenvalue weighted by molar-refractivity contribution is -0.128. The molecule has 1 amide bonds. The maximum atomic E-state index is 11.9. The highest BCUT2D eigenvalue weighted by Gasteiger charge is 2.27. The van der Waals surface area contributed by atoms with Gasteiger partial charge in [0.1, 0.15) is 0 Å². The first kappa shape index (κ1) is 11.9. The molecule has 19 heavy (non-hydrogen) atoms. The summed E-state index contributed by atoms with van der Waals surface area (Å²) < 4.78 is 0. The van der Waals surface area contributed by atoms with Crippen LogP contribution in [0.3, 0.4) is 0 Å². The van der Waals surface area contributed by atoms with Gasteiger partial charge in [-0.25, -0.2) is 0 Å². The fourth-order valence-corrected chi connectivity index (χ4v) is 2.54. The minimum absolute atomic E-state index is 0.214. The van der Waals surface area contributed by atoms with Crippen molar-refractivity contribution in [2.45, 2.75) is 13.0 Å². The molecule has 1 aliphatic rings. The van der Waals surface area contributed by atoms with Gasteiger partial charge in [-0.1, -0.05) is 24.3 Å². The first-order valence-corrected chi connectivity index (χ1v) is 6.50. The standard InChI is InChI=1S/C16H16N2O/c1-2-12-9-16(19)18(10-12)11-13-5-6-14-4-3-7-17-15(14)8-13/h2-8,12H,1,9-11H2. The summed E-state index contributed by atoms with van der Waals surface area (Å²) in [6, 6.07) is 10.2. The van der Waals surface area contributed by atoms with E-state index in [1.165, 1.54) is 0 Å². The molecule has 1 aromatic carbocycles. The van der Waals surface area contributed by atoms with Crippen LogP contribution >= 0.6 is 0 Å². The number of carbonyl (C=O) groups is 1. The molecule has 96 valence electrons. The van der Waals surface area contributed by atoms with Crippen LogP contribution in [0.15, 0.2) is 49.2 Å². The van der Waals surface area contributed by atoms with E-state index in [0.29, 0.717) is 18.9 Å². The lowest BCUT2D eigenvalue weighted by Crippen LogP contribution is -2.24. The molecule has 2 aromatic rings. The monoisotopic (exact) mass is 252 g/mol. The summed E-state index contributed by atoms with van der Waals surface area (Å²) in [5, 5.41) is 1.13. The molecule has 1 saturated heterocycles. The Labute approximate surface area is 112 Å². The van der Waals surface area contributed by atoms with Crippen LogP contribution in [0.1, 0.15) is 12.0 Å². The van der Waals surface area contributed by atoms with Gasteiger partial charge in [0.15, 0.2) is 0 Å². The molecule has 1 unspecified atom stereocenters. The second-order valence-electron chi connectivity index (χ2n) is 5.00. The second kappa shape index (κ2) is 4.84. The molecule has 2 heterocycles. The van der Waals surface area contributed by atoms with Gasteiger partial charge in [-0.15, -0.1) is 6.58 Å². The van der Waals surface area contributed by atoms with E-state index in [-0.39, 0.29) is 5.91 Å². The van der Waals surface area contributed by atoms with E-state index in [9.17, 15) is 4.79 Å². The predicted octanol–water partition coefficient (Wildman–Crippen LogP) is 2.77. The average molecular weight is 252 g/mol. The van der Waals surface area contributed by atoms with Crippen LogP contribution in [0.25, 0.3) is 10.9 Å². The van der Waals surface area contributed by atoms with Crippen molar-refractivity contribution in [1.29, 1.82) is 0 Å².